The monoisotopic (exact) mass is 283 g/mol. The average Bonchev–Trinajstić information content (AvgIpc) is 2.97. The lowest BCUT2D eigenvalue weighted by Gasteiger charge is -2.21. The quantitative estimate of drug-likeness (QED) is 0.899. The van der Waals surface area contributed by atoms with E-state index >= 15 is 0 Å². The fourth-order valence-electron chi connectivity index (χ4n) is 3.18. The molecule has 21 heavy (non-hydrogen) atoms. The van der Waals surface area contributed by atoms with Gasteiger partial charge in [0.15, 0.2) is 0 Å². The second kappa shape index (κ2) is 6.90. The van der Waals surface area contributed by atoms with Gasteiger partial charge in [-0.15, -0.1) is 0 Å². The molecule has 1 fully saturated rings. The van der Waals surface area contributed by atoms with E-state index in [1.807, 2.05) is 0 Å². The predicted molar refractivity (Wildman–Crippen MR) is 86.1 cm³/mol. The second-order valence-corrected chi connectivity index (χ2v) is 6.17. The van der Waals surface area contributed by atoms with Gasteiger partial charge in [-0.2, -0.15) is 5.10 Å². The van der Waals surface area contributed by atoms with Gasteiger partial charge in [0, 0.05) is 19.3 Å². The molecule has 3 rings (SSSR count). The van der Waals surface area contributed by atoms with Crippen molar-refractivity contribution in [2.75, 3.05) is 0 Å². The molecule has 0 saturated heterocycles. The Morgan fingerprint density at radius 3 is 2.81 bits per heavy atom. The molecule has 1 saturated carbocycles. The summed E-state index contributed by atoms with van der Waals surface area (Å²) in [5.41, 5.74) is 3.80. The molecule has 1 aliphatic carbocycles. The van der Waals surface area contributed by atoms with E-state index < -0.39 is 0 Å². The van der Waals surface area contributed by atoms with Crippen LogP contribution in [0.15, 0.2) is 36.5 Å². The lowest BCUT2D eigenvalue weighted by Crippen LogP contribution is -2.16. The van der Waals surface area contributed by atoms with Gasteiger partial charge in [-0.05, 0) is 31.4 Å². The van der Waals surface area contributed by atoms with Gasteiger partial charge < -0.3 is 5.32 Å². The fraction of sp³-hybridized carbons (Fsp3) is 0.500. The van der Waals surface area contributed by atoms with Gasteiger partial charge in [0.05, 0.1) is 11.7 Å². The minimum absolute atomic E-state index is 0.629. The van der Waals surface area contributed by atoms with Crippen molar-refractivity contribution in [3.05, 3.63) is 53.3 Å². The van der Waals surface area contributed by atoms with E-state index in [1.54, 1.807) is 0 Å². The first-order chi connectivity index (χ1) is 10.3. The van der Waals surface area contributed by atoms with Crippen molar-refractivity contribution < 1.29 is 0 Å². The normalized spacial score (nSPS) is 16.2. The number of rotatable bonds is 5. The van der Waals surface area contributed by atoms with Crippen molar-refractivity contribution in [1.82, 2.24) is 15.1 Å². The van der Waals surface area contributed by atoms with Gasteiger partial charge in [0.2, 0.25) is 0 Å². The minimum atomic E-state index is 0.629. The highest BCUT2D eigenvalue weighted by atomic mass is 15.3. The highest BCUT2D eigenvalue weighted by Gasteiger charge is 2.15. The molecule has 0 spiro atoms. The Morgan fingerprint density at radius 2 is 2.00 bits per heavy atom. The highest BCUT2D eigenvalue weighted by molar-refractivity contribution is 5.22. The minimum Gasteiger partial charge on any atom is -0.307 e. The van der Waals surface area contributed by atoms with Gasteiger partial charge in [-0.1, -0.05) is 49.1 Å². The van der Waals surface area contributed by atoms with Crippen LogP contribution in [0, 0.1) is 6.92 Å². The summed E-state index contributed by atoms with van der Waals surface area (Å²) in [6, 6.07) is 11.4. The van der Waals surface area contributed by atoms with E-state index in [4.69, 9.17) is 5.10 Å². The number of nitrogens with zero attached hydrogens (tertiary/aromatic N) is 2. The Balaban J connectivity index is 1.50. The fourth-order valence-corrected chi connectivity index (χ4v) is 3.18. The van der Waals surface area contributed by atoms with Gasteiger partial charge in [0.1, 0.15) is 0 Å². The maximum Gasteiger partial charge on any atom is 0.0762 e. The van der Waals surface area contributed by atoms with E-state index in [1.165, 1.54) is 43.2 Å². The van der Waals surface area contributed by atoms with Crippen molar-refractivity contribution in [3.8, 4) is 0 Å². The molecule has 1 heterocycles. The second-order valence-electron chi connectivity index (χ2n) is 6.17. The Kier molecular flexibility index (Phi) is 4.71. The van der Waals surface area contributed by atoms with E-state index in [0.717, 1.165) is 18.8 Å². The summed E-state index contributed by atoms with van der Waals surface area (Å²) < 4.78 is 2.18. The molecular formula is C18H25N3. The van der Waals surface area contributed by atoms with Crippen LogP contribution in [0.5, 0.6) is 0 Å². The SMILES string of the molecule is Cc1cccc(CNCc2ccn(C3CCCCC3)n2)c1. The third-order valence-corrected chi connectivity index (χ3v) is 4.33. The first-order valence-corrected chi connectivity index (χ1v) is 8.11. The number of benzene rings is 1. The molecule has 3 heteroatoms. The van der Waals surface area contributed by atoms with Crippen LogP contribution in [0.25, 0.3) is 0 Å². The van der Waals surface area contributed by atoms with Crippen LogP contribution in [-0.2, 0) is 13.1 Å². The number of hydrogen-bond donors (Lipinski definition) is 1. The van der Waals surface area contributed by atoms with Gasteiger partial charge in [-0.3, -0.25) is 4.68 Å². The molecular weight excluding hydrogens is 258 g/mol. The average molecular weight is 283 g/mol. The van der Waals surface area contributed by atoms with Gasteiger partial charge >= 0.3 is 0 Å². The molecule has 0 bridgehead atoms. The van der Waals surface area contributed by atoms with Crippen LogP contribution in [0.4, 0.5) is 0 Å². The highest BCUT2D eigenvalue weighted by Crippen LogP contribution is 2.27. The number of aryl methyl sites for hydroxylation is 1. The third kappa shape index (κ3) is 3.94. The van der Waals surface area contributed by atoms with Gasteiger partial charge in [-0.25, -0.2) is 0 Å². The lowest BCUT2D eigenvalue weighted by atomic mass is 9.96. The zero-order valence-electron chi connectivity index (χ0n) is 12.9. The molecule has 112 valence electrons. The summed E-state index contributed by atoms with van der Waals surface area (Å²) in [6.45, 7) is 3.88. The first kappa shape index (κ1) is 14.3. The van der Waals surface area contributed by atoms with E-state index in [0.29, 0.717) is 6.04 Å². The summed E-state index contributed by atoms with van der Waals surface area (Å²) in [4.78, 5) is 0. The van der Waals surface area contributed by atoms with Crippen LogP contribution < -0.4 is 5.32 Å². The summed E-state index contributed by atoms with van der Waals surface area (Å²) in [5, 5.41) is 8.22. The van der Waals surface area contributed by atoms with Gasteiger partial charge in [0.25, 0.3) is 0 Å². The van der Waals surface area contributed by atoms with Crippen molar-refractivity contribution in [2.45, 2.75) is 58.2 Å². The van der Waals surface area contributed by atoms with E-state index in [-0.39, 0.29) is 0 Å². The molecule has 3 nitrogen and oxygen atoms in total. The zero-order chi connectivity index (χ0) is 14.5. The van der Waals surface area contributed by atoms with Crippen molar-refractivity contribution >= 4 is 0 Å². The Bertz CT molecular complexity index is 567. The largest absolute Gasteiger partial charge is 0.307 e. The third-order valence-electron chi connectivity index (χ3n) is 4.33. The van der Waals surface area contributed by atoms with Crippen molar-refractivity contribution in [2.24, 2.45) is 0 Å². The maximum absolute atomic E-state index is 4.74. The maximum atomic E-state index is 4.74. The molecule has 0 unspecified atom stereocenters. The van der Waals surface area contributed by atoms with Crippen LogP contribution >= 0.6 is 0 Å². The number of nitrogens with one attached hydrogen (secondary N) is 1. The standard InChI is InChI=1S/C18H25N3/c1-15-6-5-7-16(12-15)13-19-14-17-10-11-21(20-17)18-8-3-2-4-9-18/h5-7,10-12,18-19H,2-4,8-9,13-14H2,1H3. The summed E-state index contributed by atoms with van der Waals surface area (Å²) in [7, 11) is 0. The summed E-state index contributed by atoms with van der Waals surface area (Å²) in [6.07, 6.45) is 8.83. The van der Waals surface area contributed by atoms with Crippen molar-refractivity contribution in [3.63, 3.8) is 0 Å². The molecule has 1 N–H and O–H groups in total. The van der Waals surface area contributed by atoms with Crippen LogP contribution in [-0.4, -0.2) is 9.78 Å². The molecule has 1 aromatic heterocycles. The summed E-state index contributed by atoms with van der Waals surface area (Å²) >= 11 is 0. The predicted octanol–water partition coefficient (Wildman–Crippen LogP) is 3.99. The molecule has 0 atom stereocenters. The Hall–Kier alpha value is -1.61. The smallest absolute Gasteiger partial charge is 0.0762 e. The van der Waals surface area contributed by atoms with Crippen molar-refractivity contribution in [1.29, 1.82) is 0 Å². The number of aromatic nitrogens is 2. The van der Waals surface area contributed by atoms with E-state index in [9.17, 15) is 0 Å². The zero-order valence-corrected chi connectivity index (χ0v) is 12.9. The summed E-state index contributed by atoms with van der Waals surface area (Å²) in [5.74, 6) is 0. The van der Waals surface area contributed by atoms with Crippen LogP contribution in [0.1, 0.15) is 55.0 Å². The molecule has 0 radical (unpaired) electrons. The molecule has 2 aromatic rings. The van der Waals surface area contributed by atoms with Crippen LogP contribution in [0.3, 0.4) is 0 Å². The Labute approximate surface area is 127 Å². The molecule has 0 aliphatic heterocycles. The first-order valence-electron chi connectivity index (χ1n) is 8.11. The van der Waals surface area contributed by atoms with Crippen LogP contribution in [0.2, 0.25) is 0 Å². The van der Waals surface area contributed by atoms with E-state index in [2.05, 4.69) is 53.5 Å². The topological polar surface area (TPSA) is 29.9 Å². The molecule has 0 amide bonds. The molecule has 1 aromatic carbocycles. The number of hydrogen-bond acceptors (Lipinski definition) is 2. The Morgan fingerprint density at radius 1 is 1.14 bits per heavy atom. The molecule has 1 aliphatic rings. The lowest BCUT2D eigenvalue weighted by molar-refractivity contribution is 0.327.